The Labute approximate surface area is 170 Å². The lowest BCUT2D eigenvalue weighted by molar-refractivity contribution is 0.0600. The van der Waals surface area contributed by atoms with Crippen molar-refractivity contribution in [3.05, 3.63) is 71.5 Å². The lowest BCUT2D eigenvalue weighted by Crippen LogP contribution is -2.45. The number of benzene rings is 2. The summed E-state index contributed by atoms with van der Waals surface area (Å²) in [6.45, 7) is 0.729. The lowest BCUT2D eigenvalue weighted by Gasteiger charge is -2.37. The van der Waals surface area contributed by atoms with Gasteiger partial charge in [0.2, 0.25) is 0 Å². The molecule has 4 rings (SSSR count). The van der Waals surface area contributed by atoms with Gasteiger partial charge in [-0.2, -0.15) is 4.68 Å². The van der Waals surface area contributed by atoms with E-state index in [1.54, 1.807) is 10.7 Å². The monoisotopic (exact) mass is 391 g/mol. The van der Waals surface area contributed by atoms with Crippen molar-refractivity contribution in [2.45, 2.75) is 44.2 Å². The van der Waals surface area contributed by atoms with Gasteiger partial charge in [0.25, 0.3) is 0 Å². The first-order valence-electron chi connectivity index (χ1n) is 9.99. The van der Waals surface area contributed by atoms with Gasteiger partial charge in [-0.15, -0.1) is 5.10 Å². The predicted molar refractivity (Wildman–Crippen MR) is 109 cm³/mol. The molecule has 1 aliphatic rings. The number of hydrogen-bond donors (Lipinski definition) is 1. The average Bonchev–Trinajstić information content (AvgIpc) is 3.29. The maximum absolute atomic E-state index is 12.3. The number of nitrogens with one attached hydrogen (secondary N) is 1. The summed E-state index contributed by atoms with van der Waals surface area (Å²) < 4.78 is 6.64. The number of tetrazole rings is 1. The van der Waals surface area contributed by atoms with E-state index in [2.05, 4.69) is 33.0 Å². The third kappa shape index (κ3) is 3.91. The second kappa shape index (κ2) is 8.53. The molecule has 3 aromatic rings. The smallest absolute Gasteiger partial charge is 0.340 e. The largest absolute Gasteiger partial charge is 0.465 e. The fourth-order valence-electron chi connectivity index (χ4n) is 4.09. The standard InChI is InChI=1S/C22H25N5O2/c1-29-20(28)18-12-6-7-13-19(18)27-21(24-25-26-27)22(14-8-3-9-15-22)23-16-17-10-4-2-5-11-17/h2,4-7,10-13,23H,3,8-9,14-16H2,1H3. The highest BCUT2D eigenvalue weighted by atomic mass is 16.5. The minimum Gasteiger partial charge on any atom is -0.465 e. The number of esters is 1. The molecule has 7 nitrogen and oxygen atoms in total. The van der Waals surface area contributed by atoms with Crippen LogP contribution in [-0.2, 0) is 16.8 Å². The fourth-order valence-corrected chi connectivity index (χ4v) is 4.09. The zero-order valence-electron chi connectivity index (χ0n) is 16.5. The predicted octanol–water partition coefficient (Wildman–Crippen LogP) is 3.40. The van der Waals surface area contributed by atoms with Crippen LogP contribution in [0.15, 0.2) is 54.6 Å². The number of hydrogen-bond acceptors (Lipinski definition) is 6. The number of para-hydroxylation sites is 1. The Kier molecular flexibility index (Phi) is 5.67. The van der Waals surface area contributed by atoms with Crippen LogP contribution in [0.3, 0.4) is 0 Å². The number of rotatable bonds is 6. The van der Waals surface area contributed by atoms with Crippen LogP contribution in [0.5, 0.6) is 0 Å². The van der Waals surface area contributed by atoms with Crippen LogP contribution >= 0.6 is 0 Å². The molecule has 1 N–H and O–H groups in total. The van der Waals surface area contributed by atoms with E-state index in [1.165, 1.54) is 19.1 Å². The molecule has 0 spiro atoms. The Morgan fingerprint density at radius 3 is 2.55 bits per heavy atom. The summed E-state index contributed by atoms with van der Waals surface area (Å²) in [7, 11) is 1.38. The summed E-state index contributed by atoms with van der Waals surface area (Å²) in [5.74, 6) is 0.335. The van der Waals surface area contributed by atoms with Gasteiger partial charge < -0.3 is 10.1 Å². The average molecular weight is 391 g/mol. The minimum absolute atomic E-state index is 0.346. The Morgan fingerprint density at radius 1 is 1.07 bits per heavy atom. The molecule has 29 heavy (non-hydrogen) atoms. The van der Waals surface area contributed by atoms with Gasteiger partial charge in [0.1, 0.15) is 0 Å². The van der Waals surface area contributed by atoms with Crippen molar-refractivity contribution < 1.29 is 9.53 Å². The van der Waals surface area contributed by atoms with Crippen LogP contribution in [0, 0.1) is 0 Å². The van der Waals surface area contributed by atoms with E-state index >= 15 is 0 Å². The molecule has 1 saturated carbocycles. The van der Waals surface area contributed by atoms with Crippen molar-refractivity contribution in [3.8, 4) is 5.69 Å². The summed E-state index contributed by atoms with van der Waals surface area (Å²) in [5, 5.41) is 16.4. The first-order chi connectivity index (χ1) is 14.2. The fraction of sp³-hybridized carbons (Fsp3) is 0.364. The molecule has 150 valence electrons. The number of ether oxygens (including phenoxy) is 1. The van der Waals surface area contributed by atoms with Crippen molar-refractivity contribution in [1.82, 2.24) is 25.5 Å². The molecule has 0 bridgehead atoms. The van der Waals surface area contributed by atoms with Crippen molar-refractivity contribution >= 4 is 5.97 Å². The van der Waals surface area contributed by atoms with Crippen LogP contribution in [0.2, 0.25) is 0 Å². The summed E-state index contributed by atoms with van der Waals surface area (Å²) in [6, 6.07) is 17.6. The summed E-state index contributed by atoms with van der Waals surface area (Å²) >= 11 is 0. The number of nitrogens with zero attached hydrogens (tertiary/aromatic N) is 4. The van der Waals surface area contributed by atoms with Crippen LogP contribution in [0.1, 0.15) is 53.8 Å². The molecule has 0 unspecified atom stereocenters. The van der Waals surface area contributed by atoms with Gasteiger partial charge in [-0.05, 0) is 41.0 Å². The number of aromatic nitrogens is 4. The van der Waals surface area contributed by atoms with Crippen molar-refractivity contribution in [2.75, 3.05) is 7.11 Å². The summed E-state index contributed by atoms with van der Waals surface area (Å²) in [6.07, 6.45) is 5.30. The van der Waals surface area contributed by atoms with Gasteiger partial charge in [0.05, 0.1) is 23.9 Å². The topological polar surface area (TPSA) is 81.9 Å². The van der Waals surface area contributed by atoms with Crippen molar-refractivity contribution in [1.29, 1.82) is 0 Å². The zero-order valence-corrected chi connectivity index (χ0v) is 16.5. The van der Waals surface area contributed by atoms with Crippen LogP contribution in [0.4, 0.5) is 0 Å². The third-order valence-electron chi connectivity index (χ3n) is 5.62. The van der Waals surface area contributed by atoms with E-state index in [0.29, 0.717) is 11.3 Å². The molecule has 0 aliphatic heterocycles. The number of carbonyl (C=O) groups is 1. The molecule has 1 aliphatic carbocycles. The maximum Gasteiger partial charge on any atom is 0.340 e. The summed E-state index contributed by atoms with van der Waals surface area (Å²) in [4.78, 5) is 12.3. The molecule has 1 fully saturated rings. The molecule has 0 atom stereocenters. The number of carbonyl (C=O) groups excluding carboxylic acids is 1. The lowest BCUT2D eigenvalue weighted by atomic mass is 9.80. The van der Waals surface area contributed by atoms with E-state index in [0.717, 1.165) is 38.1 Å². The van der Waals surface area contributed by atoms with Gasteiger partial charge in [0, 0.05) is 6.54 Å². The van der Waals surface area contributed by atoms with Crippen molar-refractivity contribution in [2.24, 2.45) is 0 Å². The number of methoxy groups -OCH3 is 1. The van der Waals surface area contributed by atoms with Crippen LogP contribution in [-0.4, -0.2) is 33.3 Å². The molecule has 0 saturated heterocycles. The Morgan fingerprint density at radius 2 is 1.79 bits per heavy atom. The molecule has 2 aromatic carbocycles. The van der Waals surface area contributed by atoms with Gasteiger partial charge >= 0.3 is 5.97 Å². The molecule has 0 amide bonds. The Balaban J connectivity index is 1.73. The van der Waals surface area contributed by atoms with Gasteiger partial charge in [-0.1, -0.05) is 61.7 Å². The Hall–Kier alpha value is -3.06. The van der Waals surface area contributed by atoms with Gasteiger partial charge in [-0.25, -0.2) is 4.79 Å². The van der Waals surface area contributed by atoms with Crippen LogP contribution in [0.25, 0.3) is 5.69 Å². The van der Waals surface area contributed by atoms with Gasteiger partial charge in [0.15, 0.2) is 5.82 Å². The highest BCUT2D eigenvalue weighted by molar-refractivity contribution is 5.93. The minimum atomic E-state index is -0.406. The molecule has 0 radical (unpaired) electrons. The Bertz CT molecular complexity index is 964. The molecule has 7 heteroatoms. The first-order valence-corrected chi connectivity index (χ1v) is 9.99. The first kappa shape index (κ1) is 19.3. The van der Waals surface area contributed by atoms with Crippen LogP contribution < -0.4 is 5.32 Å². The molecule has 1 aromatic heterocycles. The van der Waals surface area contributed by atoms with E-state index in [9.17, 15) is 4.79 Å². The maximum atomic E-state index is 12.3. The second-order valence-corrected chi connectivity index (χ2v) is 7.40. The molecular weight excluding hydrogens is 366 g/mol. The normalized spacial score (nSPS) is 15.8. The van der Waals surface area contributed by atoms with E-state index in [4.69, 9.17) is 4.74 Å². The third-order valence-corrected chi connectivity index (χ3v) is 5.62. The van der Waals surface area contributed by atoms with Gasteiger partial charge in [-0.3, -0.25) is 0 Å². The molecular formula is C22H25N5O2. The SMILES string of the molecule is COC(=O)c1ccccc1-n1nnnc1C1(NCc2ccccc2)CCCCC1. The van der Waals surface area contributed by atoms with Crippen molar-refractivity contribution in [3.63, 3.8) is 0 Å². The van der Waals surface area contributed by atoms with E-state index in [1.807, 2.05) is 36.4 Å². The molecule has 1 heterocycles. The zero-order chi connectivity index (χ0) is 20.1. The highest BCUT2D eigenvalue weighted by Crippen LogP contribution is 2.37. The summed E-state index contributed by atoms with van der Waals surface area (Å²) in [5.41, 5.74) is 1.94. The van der Waals surface area contributed by atoms with E-state index in [-0.39, 0.29) is 5.54 Å². The highest BCUT2D eigenvalue weighted by Gasteiger charge is 2.39. The van der Waals surface area contributed by atoms with E-state index < -0.39 is 5.97 Å². The second-order valence-electron chi connectivity index (χ2n) is 7.40. The quantitative estimate of drug-likeness (QED) is 0.649.